The third kappa shape index (κ3) is 4.86. The second-order valence-electron chi connectivity index (χ2n) is 10.1. The van der Waals surface area contributed by atoms with Crippen LogP contribution >= 0.6 is 11.6 Å². The van der Waals surface area contributed by atoms with Crippen molar-refractivity contribution in [2.75, 3.05) is 12.4 Å². The fourth-order valence-corrected chi connectivity index (χ4v) is 5.72. The molecule has 1 aliphatic heterocycles. The Kier molecular flexibility index (Phi) is 6.78. The average molecular weight is 515 g/mol. The lowest BCUT2D eigenvalue weighted by atomic mass is 9.83. The van der Waals surface area contributed by atoms with Crippen LogP contribution in [-0.4, -0.2) is 46.2 Å². The number of rotatable bonds is 6. The van der Waals surface area contributed by atoms with Crippen molar-refractivity contribution in [3.63, 3.8) is 0 Å². The Labute approximate surface area is 214 Å². The van der Waals surface area contributed by atoms with Crippen molar-refractivity contribution >= 4 is 34.4 Å². The molecule has 36 heavy (non-hydrogen) atoms. The summed E-state index contributed by atoms with van der Waals surface area (Å²) in [7, 11) is 3.46. The van der Waals surface area contributed by atoms with E-state index in [2.05, 4.69) is 39.9 Å². The number of hydrogen-bond donors (Lipinski definition) is 3. The normalized spacial score (nSPS) is 23.6. The molecule has 3 aromatic rings. The van der Waals surface area contributed by atoms with E-state index < -0.39 is 0 Å². The largest absolute Gasteiger partial charge is 0.348 e. The number of urea groups is 1. The molecule has 192 valence electrons. The topological polar surface area (TPSA) is 96.4 Å². The summed E-state index contributed by atoms with van der Waals surface area (Å²) < 4.78 is 22.7. The highest BCUT2D eigenvalue weighted by atomic mass is 35.5. The Morgan fingerprint density at radius 1 is 1.28 bits per heavy atom. The van der Waals surface area contributed by atoms with Crippen LogP contribution in [0.25, 0.3) is 22.0 Å². The molecule has 1 aliphatic carbocycles. The molecule has 2 aliphatic rings. The van der Waals surface area contributed by atoms with E-state index in [1.807, 2.05) is 19.2 Å². The molecule has 5 rings (SSSR count). The summed E-state index contributed by atoms with van der Waals surface area (Å²) in [4.78, 5) is 16.1. The number of anilines is 1. The number of carbonyl (C=O) groups is 1. The summed E-state index contributed by atoms with van der Waals surface area (Å²) in [5.41, 5.74) is 2.70. The summed E-state index contributed by atoms with van der Waals surface area (Å²) in [6, 6.07) is 5.27. The molecule has 0 radical (unpaired) electrons. The number of pyridine rings is 1. The van der Waals surface area contributed by atoms with Crippen molar-refractivity contribution < 1.29 is 13.9 Å². The number of halogens is 2. The standard InChI is InChI=1S/C26H32ClFN6O2/c1-13(2)23-18-9-15(10-20(28)22(18)33-34(23)4)17-11-21(30-12-19(17)27)32-25-24(36-25)14-6-5-7-16(8-14)31-26(35)29-3/h9-14,16,24-25H,5-8H2,1-4H3,(H,30,32)(H2,29,31,35)/t14-,16+,24?,25?/m0/s1. The Morgan fingerprint density at radius 3 is 2.83 bits per heavy atom. The molecule has 8 nitrogen and oxygen atoms in total. The Hall–Kier alpha value is -2.91. The Morgan fingerprint density at radius 2 is 2.08 bits per heavy atom. The maximum absolute atomic E-state index is 15.0. The van der Waals surface area contributed by atoms with Crippen LogP contribution in [0.4, 0.5) is 15.0 Å². The second kappa shape index (κ2) is 9.86. The van der Waals surface area contributed by atoms with Gasteiger partial charge in [-0.3, -0.25) is 4.68 Å². The van der Waals surface area contributed by atoms with Gasteiger partial charge in [0.25, 0.3) is 0 Å². The van der Waals surface area contributed by atoms with Gasteiger partial charge in [-0.1, -0.05) is 31.9 Å². The van der Waals surface area contributed by atoms with Gasteiger partial charge >= 0.3 is 6.03 Å². The minimum Gasteiger partial charge on any atom is -0.348 e. The Balaban J connectivity index is 1.33. The van der Waals surface area contributed by atoms with E-state index in [9.17, 15) is 4.79 Å². The molecular weight excluding hydrogens is 483 g/mol. The van der Waals surface area contributed by atoms with Crippen molar-refractivity contribution in [3.05, 3.63) is 40.9 Å². The smallest absolute Gasteiger partial charge is 0.314 e. The molecule has 3 N–H and O–H groups in total. The number of carbonyl (C=O) groups excluding carboxylic acids is 1. The highest BCUT2D eigenvalue weighted by molar-refractivity contribution is 6.33. The molecule has 1 aromatic carbocycles. The van der Waals surface area contributed by atoms with Crippen LogP contribution in [0.1, 0.15) is 51.1 Å². The SMILES string of the molecule is CNC(=O)N[C@@H]1CCC[C@H](C2OC2Nc2cc(-c3cc(F)c4nn(C)c(C(C)C)c4c3)c(Cl)cn2)C1. The summed E-state index contributed by atoms with van der Waals surface area (Å²) in [6.45, 7) is 4.13. The van der Waals surface area contributed by atoms with E-state index >= 15 is 4.39 Å². The van der Waals surface area contributed by atoms with E-state index in [0.717, 1.165) is 36.8 Å². The van der Waals surface area contributed by atoms with Gasteiger partial charge < -0.3 is 20.7 Å². The minimum atomic E-state index is -0.379. The van der Waals surface area contributed by atoms with Gasteiger partial charge in [0.1, 0.15) is 17.4 Å². The van der Waals surface area contributed by atoms with Crippen LogP contribution in [-0.2, 0) is 11.8 Å². The number of fused-ring (bicyclic) bond motifs is 1. The van der Waals surface area contributed by atoms with E-state index in [1.165, 1.54) is 6.07 Å². The summed E-state index contributed by atoms with van der Waals surface area (Å²) >= 11 is 6.51. The predicted octanol–water partition coefficient (Wildman–Crippen LogP) is 5.18. The molecule has 2 amide bonds. The first kappa shape index (κ1) is 24.8. The number of aromatic nitrogens is 3. The van der Waals surface area contributed by atoms with Crippen LogP contribution in [0, 0.1) is 11.7 Å². The zero-order valence-electron chi connectivity index (χ0n) is 20.9. The van der Waals surface area contributed by atoms with Gasteiger partial charge in [0.2, 0.25) is 0 Å². The first-order valence-corrected chi connectivity index (χ1v) is 12.8. The number of ether oxygens (including phenoxy) is 1. The fourth-order valence-electron chi connectivity index (χ4n) is 5.51. The van der Waals surface area contributed by atoms with E-state index in [0.29, 0.717) is 33.4 Å². The first-order valence-electron chi connectivity index (χ1n) is 12.5. The maximum atomic E-state index is 15.0. The van der Waals surface area contributed by atoms with Gasteiger partial charge in [-0.15, -0.1) is 0 Å². The van der Waals surface area contributed by atoms with Gasteiger partial charge in [0.15, 0.2) is 12.0 Å². The molecule has 2 aromatic heterocycles. The average Bonchev–Trinajstić information content (AvgIpc) is 3.52. The first-order chi connectivity index (χ1) is 17.2. The third-order valence-electron chi connectivity index (χ3n) is 7.21. The summed E-state index contributed by atoms with van der Waals surface area (Å²) in [5.74, 6) is 0.792. The quantitative estimate of drug-likeness (QED) is 0.394. The Bertz CT molecular complexity index is 1300. The lowest BCUT2D eigenvalue weighted by molar-refractivity contribution is 0.213. The van der Waals surface area contributed by atoms with Crippen LogP contribution in [0.3, 0.4) is 0 Å². The molecule has 1 saturated carbocycles. The van der Waals surface area contributed by atoms with Crippen LogP contribution in [0.2, 0.25) is 5.02 Å². The van der Waals surface area contributed by atoms with Crippen molar-refractivity contribution in [3.8, 4) is 11.1 Å². The minimum absolute atomic E-state index is 0.0676. The number of nitrogens with one attached hydrogen (secondary N) is 3. The highest BCUT2D eigenvalue weighted by Crippen LogP contribution is 2.40. The lowest BCUT2D eigenvalue weighted by Crippen LogP contribution is -2.43. The molecule has 3 heterocycles. The zero-order valence-corrected chi connectivity index (χ0v) is 21.7. The van der Waals surface area contributed by atoms with Gasteiger partial charge in [-0.2, -0.15) is 5.10 Å². The maximum Gasteiger partial charge on any atom is 0.314 e. The number of hydrogen-bond acceptors (Lipinski definition) is 5. The van der Waals surface area contributed by atoms with Crippen molar-refractivity contribution in [2.45, 2.75) is 63.8 Å². The number of aryl methyl sites for hydroxylation is 1. The molecule has 0 spiro atoms. The zero-order chi connectivity index (χ0) is 25.6. The van der Waals surface area contributed by atoms with E-state index in [1.54, 1.807) is 17.9 Å². The third-order valence-corrected chi connectivity index (χ3v) is 7.51. The fraction of sp³-hybridized carbons (Fsp3) is 0.500. The van der Waals surface area contributed by atoms with Crippen LogP contribution in [0.15, 0.2) is 24.4 Å². The van der Waals surface area contributed by atoms with Gasteiger partial charge in [0, 0.05) is 43.0 Å². The number of benzene rings is 1. The van der Waals surface area contributed by atoms with E-state index in [-0.39, 0.29) is 36.1 Å². The van der Waals surface area contributed by atoms with Crippen LogP contribution < -0.4 is 16.0 Å². The van der Waals surface area contributed by atoms with Crippen molar-refractivity contribution in [2.24, 2.45) is 13.0 Å². The summed E-state index contributed by atoms with van der Waals surface area (Å²) in [5, 5.41) is 14.6. The number of amides is 2. The van der Waals surface area contributed by atoms with Crippen molar-refractivity contribution in [1.82, 2.24) is 25.4 Å². The highest BCUT2D eigenvalue weighted by Gasteiger charge is 2.46. The van der Waals surface area contributed by atoms with Gasteiger partial charge in [-0.05, 0) is 54.9 Å². The van der Waals surface area contributed by atoms with Gasteiger partial charge in [0.05, 0.1) is 5.02 Å². The molecule has 4 atom stereocenters. The number of epoxide rings is 1. The molecule has 10 heteroatoms. The predicted molar refractivity (Wildman–Crippen MR) is 139 cm³/mol. The number of nitrogens with zero attached hydrogens (tertiary/aromatic N) is 3. The molecule has 0 bridgehead atoms. The van der Waals surface area contributed by atoms with E-state index in [4.69, 9.17) is 16.3 Å². The van der Waals surface area contributed by atoms with Crippen molar-refractivity contribution in [1.29, 1.82) is 0 Å². The molecule has 2 fully saturated rings. The molecule has 1 saturated heterocycles. The van der Waals surface area contributed by atoms with Gasteiger partial charge in [-0.25, -0.2) is 14.2 Å². The molecule has 2 unspecified atom stereocenters. The lowest BCUT2D eigenvalue weighted by Gasteiger charge is -2.28. The monoisotopic (exact) mass is 514 g/mol. The molecular formula is C26H32ClFN6O2. The van der Waals surface area contributed by atoms with Crippen LogP contribution in [0.5, 0.6) is 0 Å². The second-order valence-corrected chi connectivity index (χ2v) is 10.5. The summed E-state index contributed by atoms with van der Waals surface area (Å²) in [6.07, 6.45) is 5.48.